The number of amides is 1. The summed E-state index contributed by atoms with van der Waals surface area (Å²) in [6, 6.07) is 13.3. The van der Waals surface area contributed by atoms with Crippen LogP contribution in [0.5, 0.6) is 5.75 Å². The number of hydrogen-bond donors (Lipinski definition) is 1. The number of ether oxygens (including phenoxy) is 1. The van der Waals surface area contributed by atoms with E-state index in [9.17, 15) is 9.18 Å². The molecule has 0 unspecified atom stereocenters. The molecule has 0 spiro atoms. The maximum absolute atomic E-state index is 13.1. The minimum absolute atomic E-state index is 0.115. The Morgan fingerprint density at radius 2 is 1.81 bits per heavy atom. The van der Waals surface area contributed by atoms with Crippen molar-refractivity contribution in [1.29, 1.82) is 0 Å². The van der Waals surface area contributed by atoms with Gasteiger partial charge >= 0.3 is 0 Å². The van der Waals surface area contributed by atoms with Crippen molar-refractivity contribution in [3.63, 3.8) is 0 Å². The van der Waals surface area contributed by atoms with Gasteiger partial charge in [0.25, 0.3) is 5.91 Å². The van der Waals surface area contributed by atoms with Crippen molar-refractivity contribution < 1.29 is 13.9 Å². The summed E-state index contributed by atoms with van der Waals surface area (Å²) in [6.07, 6.45) is 0. The highest BCUT2D eigenvalue weighted by molar-refractivity contribution is 5.91. The van der Waals surface area contributed by atoms with Crippen LogP contribution >= 0.6 is 0 Å². The molecule has 0 aliphatic carbocycles. The van der Waals surface area contributed by atoms with E-state index in [1.807, 2.05) is 39.0 Å². The van der Waals surface area contributed by atoms with E-state index < -0.39 is 0 Å². The van der Waals surface area contributed by atoms with Gasteiger partial charge in [-0.25, -0.2) is 9.07 Å². The van der Waals surface area contributed by atoms with Gasteiger partial charge in [0, 0.05) is 6.07 Å². The highest BCUT2D eigenvalue weighted by Crippen LogP contribution is 2.19. The van der Waals surface area contributed by atoms with E-state index in [0.29, 0.717) is 17.3 Å². The van der Waals surface area contributed by atoms with E-state index in [4.69, 9.17) is 4.74 Å². The van der Waals surface area contributed by atoms with Crippen molar-refractivity contribution in [1.82, 2.24) is 9.78 Å². The van der Waals surface area contributed by atoms with Crippen LogP contribution in [-0.2, 0) is 4.79 Å². The summed E-state index contributed by atoms with van der Waals surface area (Å²) < 4.78 is 20.2. The summed E-state index contributed by atoms with van der Waals surface area (Å²) in [5, 5.41) is 7.13. The van der Waals surface area contributed by atoms with Crippen molar-refractivity contribution in [2.75, 3.05) is 11.9 Å². The topological polar surface area (TPSA) is 56.1 Å². The first-order valence-corrected chi connectivity index (χ1v) is 8.25. The van der Waals surface area contributed by atoms with Gasteiger partial charge in [0.15, 0.2) is 6.61 Å². The molecule has 0 radical (unpaired) electrons. The van der Waals surface area contributed by atoms with Crippen LogP contribution in [0.2, 0.25) is 0 Å². The van der Waals surface area contributed by atoms with Crippen molar-refractivity contribution in [3.8, 4) is 11.4 Å². The normalized spacial score (nSPS) is 10.6. The molecule has 0 atom stereocenters. The number of aryl methyl sites for hydroxylation is 3. The molecule has 1 N–H and O–H groups in total. The second-order valence-electron chi connectivity index (χ2n) is 6.14. The molecule has 1 aromatic heterocycles. The lowest BCUT2D eigenvalue weighted by Crippen LogP contribution is -2.22. The standard InChI is InChI=1S/C20H20FN3O2/c1-13-4-9-18(10-14(13)2)26-12-20(25)22-19-11-15(3)23-24(19)17-7-5-16(21)6-8-17/h4-11H,12H2,1-3H3,(H,22,25). The highest BCUT2D eigenvalue weighted by Gasteiger charge is 2.12. The lowest BCUT2D eigenvalue weighted by atomic mass is 10.1. The minimum Gasteiger partial charge on any atom is -0.484 e. The third-order valence-electron chi connectivity index (χ3n) is 4.02. The van der Waals surface area contributed by atoms with Crippen LogP contribution in [0.4, 0.5) is 10.2 Å². The maximum atomic E-state index is 13.1. The molecule has 1 heterocycles. The number of aromatic nitrogens is 2. The summed E-state index contributed by atoms with van der Waals surface area (Å²) in [5.41, 5.74) is 3.66. The van der Waals surface area contributed by atoms with E-state index in [-0.39, 0.29) is 18.3 Å². The van der Waals surface area contributed by atoms with Gasteiger partial charge in [0.05, 0.1) is 11.4 Å². The smallest absolute Gasteiger partial charge is 0.263 e. The predicted octanol–water partition coefficient (Wildman–Crippen LogP) is 3.95. The van der Waals surface area contributed by atoms with Crippen molar-refractivity contribution in [3.05, 3.63) is 71.2 Å². The second-order valence-corrected chi connectivity index (χ2v) is 6.14. The first kappa shape index (κ1) is 17.7. The van der Waals surface area contributed by atoms with Gasteiger partial charge < -0.3 is 10.1 Å². The molecule has 3 rings (SSSR count). The number of halogens is 1. The first-order valence-electron chi connectivity index (χ1n) is 8.25. The van der Waals surface area contributed by atoms with Crippen LogP contribution in [0, 0.1) is 26.6 Å². The monoisotopic (exact) mass is 353 g/mol. The third kappa shape index (κ3) is 4.08. The molecule has 5 nitrogen and oxygen atoms in total. The Labute approximate surface area is 151 Å². The Hall–Kier alpha value is -3.15. The Morgan fingerprint density at radius 1 is 1.08 bits per heavy atom. The number of carbonyl (C=O) groups excluding carboxylic acids is 1. The van der Waals surface area contributed by atoms with E-state index >= 15 is 0 Å². The van der Waals surface area contributed by atoms with Crippen molar-refractivity contribution in [2.24, 2.45) is 0 Å². The molecule has 0 fully saturated rings. The van der Waals surface area contributed by atoms with Gasteiger partial charge in [-0.3, -0.25) is 4.79 Å². The molecular formula is C20H20FN3O2. The zero-order valence-corrected chi connectivity index (χ0v) is 14.9. The van der Waals surface area contributed by atoms with Crippen molar-refractivity contribution >= 4 is 11.7 Å². The number of hydrogen-bond acceptors (Lipinski definition) is 3. The summed E-state index contributed by atoms with van der Waals surface area (Å²) in [5.74, 6) is 0.519. The Balaban J connectivity index is 1.69. The van der Waals surface area contributed by atoms with E-state index in [1.165, 1.54) is 17.7 Å². The second kappa shape index (κ2) is 7.39. The van der Waals surface area contributed by atoms with Crippen molar-refractivity contribution in [2.45, 2.75) is 20.8 Å². The van der Waals surface area contributed by atoms with Gasteiger partial charge in [0.2, 0.25) is 0 Å². The number of carbonyl (C=O) groups is 1. The fourth-order valence-electron chi connectivity index (χ4n) is 2.50. The molecule has 0 saturated carbocycles. The molecular weight excluding hydrogens is 333 g/mol. The Kier molecular flexibility index (Phi) is 5.02. The number of rotatable bonds is 5. The molecule has 3 aromatic rings. The summed E-state index contributed by atoms with van der Waals surface area (Å²) in [7, 11) is 0. The minimum atomic E-state index is -0.329. The lowest BCUT2D eigenvalue weighted by Gasteiger charge is -2.10. The SMILES string of the molecule is Cc1cc(NC(=O)COc2ccc(C)c(C)c2)n(-c2ccc(F)cc2)n1. The van der Waals surface area contributed by atoms with Gasteiger partial charge in [-0.05, 0) is 68.3 Å². The average Bonchev–Trinajstić information content (AvgIpc) is 2.97. The Bertz CT molecular complexity index is 933. The maximum Gasteiger partial charge on any atom is 0.263 e. The molecule has 134 valence electrons. The number of benzene rings is 2. The number of nitrogens with zero attached hydrogens (tertiary/aromatic N) is 2. The molecule has 0 bridgehead atoms. The molecule has 0 aliphatic heterocycles. The first-order chi connectivity index (χ1) is 12.4. The summed E-state index contributed by atoms with van der Waals surface area (Å²) in [4.78, 5) is 12.2. The quantitative estimate of drug-likeness (QED) is 0.755. The fourth-order valence-corrected chi connectivity index (χ4v) is 2.50. The van der Waals surface area contributed by atoms with E-state index in [1.54, 1.807) is 22.9 Å². The van der Waals surface area contributed by atoms with Gasteiger partial charge in [-0.1, -0.05) is 6.07 Å². The zero-order valence-electron chi connectivity index (χ0n) is 14.9. The van der Waals surface area contributed by atoms with Gasteiger partial charge in [-0.2, -0.15) is 5.10 Å². The Morgan fingerprint density at radius 3 is 2.50 bits per heavy atom. The molecule has 26 heavy (non-hydrogen) atoms. The van der Waals surface area contributed by atoms with Crippen LogP contribution in [0.3, 0.4) is 0 Å². The number of anilines is 1. The zero-order chi connectivity index (χ0) is 18.7. The molecule has 0 aliphatic rings. The van der Waals surface area contributed by atoms with E-state index in [2.05, 4.69) is 10.4 Å². The molecule has 2 aromatic carbocycles. The lowest BCUT2D eigenvalue weighted by molar-refractivity contribution is -0.118. The molecule has 1 amide bonds. The van der Waals surface area contributed by atoms with Gasteiger partial charge in [-0.15, -0.1) is 0 Å². The summed E-state index contributed by atoms with van der Waals surface area (Å²) >= 11 is 0. The molecule has 6 heteroatoms. The third-order valence-corrected chi connectivity index (χ3v) is 4.02. The largest absolute Gasteiger partial charge is 0.484 e. The fraction of sp³-hybridized carbons (Fsp3) is 0.200. The highest BCUT2D eigenvalue weighted by atomic mass is 19.1. The van der Waals surface area contributed by atoms with Crippen LogP contribution < -0.4 is 10.1 Å². The van der Waals surface area contributed by atoms with Crippen LogP contribution in [0.15, 0.2) is 48.5 Å². The van der Waals surface area contributed by atoms with Gasteiger partial charge in [0.1, 0.15) is 17.4 Å². The van der Waals surface area contributed by atoms with E-state index in [0.717, 1.165) is 11.3 Å². The average molecular weight is 353 g/mol. The number of nitrogens with one attached hydrogen (secondary N) is 1. The predicted molar refractivity (Wildman–Crippen MR) is 98.3 cm³/mol. The van der Waals surface area contributed by atoms with Crippen LogP contribution in [-0.4, -0.2) is 22.3 Å². The molecule has 0 saturated heterocycles. The van der Waals surface area contributed by atoms with Crippen LogP contribution in [0.25, 0.3) is 5.69 Å². The summed E-state index contributed by atoms with van der Waals surface area (Å²) in [6.45, 7) is 5.72. The van der Waals surface area contributed by atoms with Crippen LogP contribution in [0.1, 0.15) is 16.8 Å².